The van der Waals surface area contributed by atoms with Crippen molar-refractivity contribution in [3.63, 3.8) is 0 Å². The molecule has 0 radical (unpaired) electrons. The molecule has 1 heterocycles. The van der Waals surface area contributed by atoms with E-state index in [1.807, 2.05) is 25.1 Å². The lowest BCUT2D eigenvalue weighted by molar-refractivity contribution is -0.122. The molecule has 0 saturated carbocycles. The Labute approximate surface area is 172 Å². The van der Waals surface area contributed by atoms with Crippen molar-refractivity contribution in [2.24, 2.45) is 4.99 Å². The number of piperidine rings is 1. The second-order valence-electron chi connectivity index (χ2n) is 6.97. The van der Waals surface area contributed by atoms with Crippen LogP contribution in [0.3, 0.4) is 0 Å². The van der Waals surface area contributed by atoms with Crippen molar-refractivity contribution in [1.82, 2.24) is 20.9 Å². The Morgan fingerprint density at radius 2 is 2.14 bits per heavy atom. The Kier molecular flexibility index (Phi) is 9.37. The highest BCUT2D eigenvalue weighted by Crippen LogP contribution is 2.18. The van der Waals surface area contributed by atoms with Crippen molar-refractivity contribution in [3.8, 4) is 5.75 Å². The van der Waals surface area contributed by atoms with Gasteiger partial charge < -0.3 is 20.7 Å². The first-order valence-corrected chi connectivity index (χ1v) is 10.3. The maximum absolute atomic E-state index is 11.5. The van der Waals surface area contributed by atoms with Gasteiger partial charge in [-0.1, -0.05) is 17.7 Å². The number of aliphatic imine (C=N–C) groups is 1. The van der Waals surface area contributed by atoms with Crippen LogP contribution in [0.4, 0.5) is 0 Å². The maximum Gasteiger partial charge on any atom is 0.233 e. The van der Waals surface area contributed by atoms with E-state index in [0.717, 1.165) is 44.2 Å². The fourth-order valence-corrected chi connectivity index (χ4v) is 3.24. The summed E-state index contributed by atoms with van der Waals surface area (Å²) >= 11 is 6.00. The zero-order valence-corrected chi connectivity index (χ0v) is 17.8. The summed E-state index contributed by atoms with van der Waals surface area (Å²) in [5.41, 5.74) is 0. The molecular weight excluding hydrogens is 378 g/mol. The quantitative estimate of drug-likeness (QED) is 0.451. The van der Waals surface area contributed by atoms with Crippen LogP contribution in [0.15, 0.2) is 29.3 Å². The van der Waals surface area contributed by atoms with Crippen molar-refractivity contribution in [3.05, 3.63) is 29.3 Å². The van der Waals surface area contributed by atoms with Crippen molar-refractivity contribution >= 4 is 23.5 Å². The number of hydrogen-bond acceptors (Lipinski definition) is 4. The molecule has 28 heavy (non-hydrogen) atoms. The molecule has 1 aliphatic heterocycles. The van der Waals surface area contributed by atoms with Gasteiger partial charge in [0.05, 0.1) is 13.1 Å². The third-order valence-electron chi connectivity index (χ3n) is 4.56. The number of ether oxygens (including phenoxy) is 1. The fraction of sp³-hybridized carbons (Fsp3) is 0.600. The van der Waals surface area contributed by atoms with Gasteiger partial charge in [-0.3, -0.25) is 9.69 Å². The highest BCUT2D eigenvalue weighted by atomic mass is 35.5. The number of likely N-dealkylation sites (N-methyl/N-ethyl adjacent to an activating group) is 1. The lowest BCUT2D eigenvalue weighted by Crippen LogP contribution is -2.50. The van der Waals surface area contributed by atoms with Gasteiger partial charge in [-0.25, -0.2) is 4.99 Å². The summed E-state index contributed by atoms with van der Waals surface area (Å²) in [5.74, 6) is 1.61. The number of amides is 1. The first kappa shape index (κ1) is 22.3. The number of benzene rings is 1. The van der Waals surface area contributed by atoms with Crippen molar-refractivity contribution < 1.29 is 9.53 Å². The largest absolute Gasteiger partial charge is 0.489 e. The SMILES string of the molecule is CCNC(=NCC(C)Oc1cccc(Cl)c1)NC1CCN(CC(=O)NC)CC1. The zero-order valence-electron chi connectivity index (χ0n) is 17.0. The van der Waals surface area contributed by atoms with Crippen LogP contribution in [-0.2, 0) is 4.79 Å². The predicted octanol–water partition coefficient (Wildman–Crippen LogP) is 1.87. The standard InChI is InChI=1S/C20H32ClN5O2/c1-4-23-20(24-13-15(2)28-18-7-5-6-16(21)12-18)25-17-8-10-26(11-9-17)14-19(27)22-3/h5-7,12,15,17H,4,8-11,13-14H2,1-3H3,(H,22,27)(H2,23,24,25). The van der Waals surface area contributed by atoms with Crippen LogP contribution in [0.1, 0.15) is 26.7 Å². The molecule has 1 aliphatic rings. The minimum atomic E-state index is -0.0664. The number of carbonyl (C=O) groups is 1. The van der Waals surface area contributed by atoms with Crippen LogP contribution < -0.4 is 20.7 Å². The average Bonchev–Trinajstić information content (AvgIpc) is 2.67. The van der Waals surface area contributed by atoms with E-state index in [1.165, 1.54) is 0 Å². The number of carbonyl (C=O) groups excluding carboxylic acids is 1. The summed E-state index contributed by atoms with van der Waals surface area (Å²) in [6.45, 7) is 7.65. The molecule has 1 unspecified atom stereocenters. The Balaban J connectivity index is 1.81. The first-order valence-electron chi connectivity index (χ1n) is 9.90. The molecule has 1 aromatic rings. The van der Waals surface area contributed by atoms with E-state index in [1.54, 1.807) is 13.1 Å². The smallest absolute Gasteiger partial charge is 0.233 e. The molecule has 0 aliphatic carbocycles. The van der Waals surface area contributed by atoms with Crippen molar-refractivity contribution in [1.29, 1.82) is 0 Å². The number of rotatable bonds is 8. The number of likely N-dealkylation sites (tertiary alicyclic amines) is 1. The van der Waals surface area contributed by atoms with Crippen LogP contribution in [-0.4, -0.2) is 68.7 Å². The molecule has 8 heteroatoms. The predicted molar refractivity (Wildman–Crippen MR) is 114 cm³/mol. The van der Waals surface area contributed by atoms with E-state index in [9.17, 15) is 4.79 Å². The van der Waals surface area contributed by atoms with Gasteiger partial charge in [-0.15, -0.1) is 0 Å². The summed E-state index contributed by atoms with van der Waals surface area (Å²) in [7, 11) is 1.67. The van der Waals surface area contributed by atoms with Gasteiger partial charge in [0.25, 0.3) is 0 Å². The van der Waals surface area contributed by atoms with Crippen molar-refractivity contribution in [2.45, 2.75) is 38.8 Å². The van der Waals surface area contributed by atoms with E-state index >= 15 is 0 Å². The Bertz CT molecular complexity index is 647. The minimum absolute atomic E-state index is 0.0648. The summed E-state index contributed by atoms with van der Waals surface area (Å²) in [6, 6.07) is 7.74. The van der Waals surface area contributed by atoms with Gasteiger partial charge >= 0.3 is 0 Å². The molecule has 2 rings (SSSR count). The average molecular weight is 410 g/mol. The summed E-state index contributed by atoms with van der Waals surface area (Å²) < 4.78 is 5.88. The lowest BCUT2D eigenvalue weighted by atomic mass is 10.1. The molecule has 0 aromatic heterocycles. The molecule has 156 valence electrons. The summed E-state index contributed by atoms with van der Waals surface area (Å²) in [5, 5.41) is 10.1. The molecule has 0 bridgehead atoms. The van der Waals surface area contributed by atoms with Gasteiger partial charge in [-0.05, 0) is 44.9 Å². The highest BCUT2D eigenvalue weighted by molar-refractivity contribution is 6.30. The molecule has 1 amide bonds. The van der Waals surface area contributed by atoms with E-state index < -0.39 is 0 Å². The number of guanidine groups is 1. The molecule has 1 saturated heterocycles. The highest BCUT2D eigenvalue weighted by Gasteiger charge is 2.21. The van der Waals surface area contributed by atoms with Crippen LogP contribution in [0.2, 0.25) is 5.02 Å². The van der Waals surface area contributed by atoms with Gasteiger partial charge in [0, 0.05) is 37.7 Å². The normalized spacial score (nSPS) is 17.1. The monoisotopic (exact) mass is 409 g/mol. The Hall–Kier alpha value is -1.99. The molecule has 1 aromatic carbocycles. The second kappa shape index (κ2) is 11.8. The van der Waals surface area contributed by atoms with Gasteiger partial charge in [0.2, 0.25) is 5.91 Å². The molecular formula is C20H32ClN5O2. The van der Waals surface area contributed by atoms with E-state index in [4.69, 9.17) is 16.3 Å². The Morgan fingerprint density at radius 3 is 2.79 bits per heavy atom. The minimum Gasteiger partial charge on any atom is -0.489 e. The van der Waals surface area contributed by atoms with Crippen LogP contribution in [0, 0.1) is 0 Å². The van der Waals surface area contributed by atoms with Gasteiger partial charge in [-0.2, -0.15) is 0 Å². The molecule has 3 N–H and O–H groups in total. The fourth-order valence-electron chi connectivity index (χ4n) is 3.06. The number of halogens is 1. The zero-order chi connectivity index (χ0) is 20.4. The molecule has 1 atom stereocenters. The number of nitrogens with one attached hydrogen (secondary N) is 3. The molecule has 0 spiro atoms. The third kappa shape index (κ3) is 7.94. The Morgan fingerprint density at radius 1 is 1.39 bits per heavy atom. The van der Waals surface area contributed by atoms with Gasteiger partial charge in [0.1, 0.15) is 11.9 Å². The van der Waals surface area contributed by atoms with Crippen molar-refractivity contribution in [2.75, 3.05) is 39.8 Å². The number of nitrogens with zero attached hydrogens (tertiary/aromatic N) is 2. The van der Waals surface area contributed by atoms with E-state index in [2.05, 4.69) is 32.8 Å². The molecule has 7 nitrogen and oxygen atoms in total. The van der Waals surface area contributed by atoms with Gasteiger partial charge in [0.15, 0.2) is 5.96 Å². The first-order chi connectivity index (χ1) is 13.5. The lowest BCUT2D eigenvalue weighted by Gasteiger charge is -2.32. The number of hydrogen-bond donors (Lipinski definition) is 3. The van der Waals surface area contributed by atoms with Crippen LogP contribution in [0.25, 0.3) is 0 Å². The topological polar surface area (TPSA) is 78.0 Å². The van der Waals surface area contributed by atoms with Crippen LogP contribution >= 0.6 is 11.6 Å². The van der Waals surface area contributed by atoms with E-state index in [0.29, 0.717) is 24.2 Å². The summed E-state index contributed by atoms with van der Waals surface area (Å²) in [6.07, 6.45) is 1.90. The van der Waals surface area contributed by atoms with E-state index in [-0.39, 0.29) is 12.0 Å². The van der Waals surface area contributed by atoms with Crippen LogP contribution in [0.5, 0.6) is 5.75 Å². The molecule has 1 fully saturated rings. The third-order valence-corrected chi connectivity index (χ3v) is 4.79. The second-order valence-corrected chi connectivity index (χ2v) is 7.41. The maximum atomic E-state index is 11.5. The summed E-state index contributed by atoms with van der Waals surface area (Å²) in [4.78, 5) is 18.4.